The molecule has 82 valence electrons. The van der Waals surface area contributed by atoms with Crippen LogP contribution in [0.1, 0.15) is 55.4 Å². The molecule has 0 fully saturated rings. The van der Waals surface area contributed by atoms with Crippen molar-refractivity contribution < 1.29 is 4.74 Å². The van der Waals surface area contributed by atoms with Crippen molar-refractivity contribution >= 4 is 0 Å². The molecule has 0 amide bonds. The van der Waals surface area contributed by atoms with Crippen LogP contribution in [0.3, 0.4) is 0 Å². The van der Waals surface area contributed by atoms with Crippen LogP contribution in [0.2, 0.25) is 0 Å². The van der Waals surface area contributed by atoms with E-state index in [-0.39, 0.29) is 5.60 Å². The van der Waals surface area contributed by atoms with Gasteiger partial charge in [-0.15, -0.1) is 0 Å². The lowest BCUT2D eigenvalue weighted by molar-refractivity contribution is 0.0660. The molecule has 0 rings (SSSR count). The molecule has 0 radical (unpaired) electrons. The van der Waals surface area contributed by atoms with Crippen LogP contribution in [0.25, 0.3) is 0 Å². The minimum absolute atomic E-state index is 0.194. The minimum atomic E-state index is -0.194. The predicted molar refractivity (Wildman–Crippen MR) is 63.3 cm³/mol. The molecule has 1 nitrogen and oxygen atoms in total. The molecule has 0 aliphatic carbocycles. The molecule has 0 aromatic carbocycles. The zero-order chi connectivity index (χ0) is 11.5. The van der Waals surface area contributed by atoms with Crippen molar-refractivity contribution in [3.05, 3.63) is 22.5 Å². The summed E-state index contributed by atoms with van der Waals surface area (Å²) < 4.78 is 5.94. The lowest BCUT2D eigenvalue weighted by Gasteiger charge is -2.29. The van der Waals surface area contributed by atoms with E-state index in [0.717, 1.165) is 5.76 Å². The zero-order valence-corrected chi connectivity index (χ0v) is 10.9. The lowest BCUT2D eigenvalue weighted by Crippen LogP contribution is -2.26. The van der Waals surface area contributed by atoms with Crippen LogP contribution in [-0.4, -0.2) is 5.60 Å². The maximum Gasteiger partial charge on any atom is 0.124 e. The van der Waals surface area contributed by atoms with Gasteiger partial charge in [0.25, 0.3) is 0 Å². The number of allylic oxidation sites excluding steroid dienone is 3. The minimum Gasteiger partial charge on any atom is -0.488 e. The summed E-state index contributed by atoms with van der Waals surface area (Å²) in [5, 5.41) is 0. The molecule has 0 spiro atoms. The summed E-state index contributed by atoms with van der Waals surface area (Å²) >= 11 is 0. The molecule has 0 aliphatic heterocycles. The fraction of sp³-hybridized carbons (Fsp3) is 0.692. The van der Waals surface area contributed by atoms with E-state index in [1.165, 1.54) is 16.7 Å². The maximum absolute atomic E-state index is 5.94. The van der Waals surface area contributed by atoms with E-state index in [1.54, 1.807) is 0 Å². The van der Waals surface area contributed by atoms with Gasteiger partial charge in [-0.3, -0.25) is 0 Å². The van der Waals surface area contributed by atoms with Gasteiger partial charge in [0.1, 0.15) is 5.60 Å². The second-order valence-electron chi connectivity index (χ2n) is 4.79. The van der Waals surface area contributed by atoms with Crippen molar-refractivity contribution in [3.63, 3.8) is 0 Å². The molecule has 0 aromatic heterocycles. The average Bonchev–Trinajstić information content (AvgIpc) is 2.01. The summed E-state index contributed by atoms with van der Waals surface area (Å²) in [6.07, 6.45) is 0. The summed E-state index contributed by atoms with van der Waals surface area (Å²) in [6.45, 7) is 16.8. The molecular weight excluding hydrogens is 172 g/mol. The van der Waals surface area contributed by atoms with E-state index in [1.807, 2.05) is 6.92 Å². The zero-order valence-electron chi connectivity index (χ0n) is 10.9. The molecule has 0 unspecified atom stereocenters. The maximum atomic E-state index is 5.94. The molecule has 0 heterocycles. The number of rotatable bonds is 3. The van der Waals surface area contributed by atoms with Gasteiger partial charge in [-0.1, -0.05) is 5.57 Å². The molecule has 0 saturated heterocycles. The summed E-state index contributed by atoms with van der Waals surface area (Å²) in [5.41, 5.74) is 3.68. The third kappa shape index (κ3) is 3.57. The SMILES string of the molecule is CC(C)=C(C)OC(C)(C)C(C)=C(C)C. The highest BCUT2D eigenvalue weighted by Gasteiger charge is 2.23. The van der Waals surface area contributed by atoms with E-state index in [4.69, 9.17) is 4.74 Å². The molecule has 0 aromatic rings. The highest BCUT2D eigenvalue weighted by Crippen LogP contribution is 2.26. The first-order valence-electron chi connectivity index (χ1n) is 5.16. The topological polar surface area (TPSA) is 9.23 Å². The largest absolute Gasteiger partial charge is 0.488 e. The van der Waals surface area contributed by atoms with Crippen LogP contribution in [-0.2, 0) is 4.74 Å². The average molecular weight is 196 g/mol. The van der Waals surface area contributed by atoms with Gasteiger partial charge in [0.2, 0.25) is 0 Å². The van der Waals surface area contributed by atoms with Gasteiger partial charge in [-0.2, -0.15) is 0 Å². The monoisotopic (exact) mass is 196 g/mol. The first-order valence-corrected chi connectivity index (χ1v) is 5.16. The molecule has 1 heteroatoms. The quantitative estimate of drug-likeness (QED) is 0.478. The normalized spacial score (nSPS) is 10.9. The highest BCUT2D eigenvalue weighted by molar-refractivity contribution is 5.19. The van der Waals surface area contributed by atoms with Crippen LogP contribution in [0.4, 0.5) is 0 Å². The third-order valence-corrected chi connectivity index (χ3v) is 2.77. The van der Waals surface area contributed by atoms with Crippen LogP contribution >= 0.6 is 0 Å². The summed E-state index contributed by atoms with van der Waals surface area (Å²) in [7, 11) is 0. The van der Waals surface area contributed by atoms with Crippen molar-refractivity contribution in [2.45, 2.75) is 61.0 Å². The van der Waals surface area contributed by atoms with Crippen LogP contribution in [0.15, 0.2) is 22.5 Å². The highest BCUT2D eigenvalue weighted by atomic mass is 16.5. The first-order chi connectivity index (χ1) is 6.18. The van der Waals surface area contributed by atoms with E-state index in [9.17, 15) is 0 Å². The Morgan fingerprint density at radius 2 is 1.21 bits per heavy atom. The van der Waals surface area contributed by atoms with Crippen molar-refractivity contribution in [1.29, 1.82) is 0 Å². The molecule has 0 saturated carbocycles. The van der Waals surface area contributed by atoms with E-state index >= 15 is 0 Å². The van der Waals surface area contributed by atoms with Gasteiger partial charge in [-0.25, -0.2) is 0 Å². The molecule has 14 heavy (non-hydrogen) atoms. The van der Waals surface area contributed by atoms with Crippen LogP contribution in [0.5, 0.6) is 0 Å². The van der Waals surface area contributed by atoms with Crippen molar-refractivity contribution in [2.75, 3.05) is 0 Å². The van der Waals surface area contributed by atoms with Crippen LogP contribution in [0, 0.1) is 0 Å². The third-order valence-electron chi connectivity index (χ3n) is 2.77. The molecule has 0 N–H and O–H groups in total. The predicted octanol–water partition coefficient (Wildman–Crippen LogP) is 4.45. The Kier molecular flexibility index (Phi) is 4.44. The fourth-order valence-electron chi connectivity index (χ4n) is 1.16. The summed E-state index contributed by atoms with van der Waals surface area (Å²) in [6, 6.07) is 0. The molecule has 0 aliphatic rings. The Morgan fingerprint density at radius 3 is 1.50 bits per heavy atom. The molecular formula is C13H24O. The smallest absolute Gasteiger partial charge is 0.124 e. The Hall–Kier alpha value is -0.720. The second kappa shape index (κ2) is 4.68. The summed E-state index contributed by atoms with van der Waals surface area (Å²) in [4.78, 5) is 0. The van der Waals surface area contributed by atoms with Crippen molar-refractivity contribution in [1.82, 2.24) is 0 Å². The van der Waals surface area contributed by atoms with Gasteiger partial charge in [-0.05, 0) is 66.5 Å². The standard InChI is InChI=1S/C13H24O/c1-9(2)11(5)13(7,8)14-12(6)10(3)4/h1-8H3. The van der Waals surface area contributed by atoms with Crippen molar-refractivity contribution in [3.8, 4) is 0 Å². The van der Waals surface area contributed by atoms with Crippen LogP contribution < -0.4 is 0 Å². The Bertz CT molecular complexity index is 259. The second-order valence-corrected chi connectivity index (χ2v) is 4.79. The Morgan fingerprint density at radius 1 is 0.786 bits per heavy atom. The number of hydrogen-bond acceptors (Lipinski definition) is 1. The summed E-state index contributed by atoms with van der Waals surface area (Å²) in [5.74, 6) is 1.02. The number of hydrogen-bond donors (Lipinski definition) is 0. The van der Waals surface area contributed by atoms with Gasteiger partial charge >= 0.3 is 0 Å². The van der Waals surface area contributed by atoms with E-state index < -0.39 is 0 Å². The van der Waals surface area contributed by atoms with Gasteiger partial charge < -0.3 is 4.74 Å². The van der Waals surface area contributed by atoms with E-state index in [2.05, 4.69) is 48.5 Å². The lowest BCUT2D eigenvalue weighted by atomic mass is 9.95. The number of ether oxygens (including phenoxy) is 1. The molecule has 0 bridgehead atoms. The van der Waals surface area contributed by atoms with E-state index in [0.29, 0.717) is 0 Å². The van der Waals surface area contributed by atoms with Crippen molar-refractivity contribution in [2.24, 2.45) is 0 Å². The Balaban J connectivity index is 4.85. The van der Waals surface area contributed by atoms with Gasteiger partial charge in [0.05, 0.1) is 5.76 Å². The molecule has 0 atom stereocenters. The Labute approximate surface area is 88.9 Å². The fourth-order valence-corrected chi connectivity index (χ4v) is 1.16. The van der Waals surface area contributed by atoms with Gasteiger partial charge in [0, 0.05) is 0 Å². The van der Waals surface area contributed by atoms with Gasteiger partial charge in [0.15, 0.2) is 0 Å². The first kappa shape index (κ1) is 13.3.